The summed E-state index contributed by atoms with van der Waals surface area (Å²) in [6, 6.07) is 17.1. The molecule has 0 aliphatic rings. The molecule has 0 fully saturated rings. The molecular formula is C18H18BrN5O. The Hall–Kier alpha value is -2.54. The summed E-state index contributed by atoms with van der Waals surface area (Å²) in [6.07, 6.45) is 0.786. The maximum Gasteiger partial charge on any atom is 0.246 e. The van der Waals surface area contributed by atoms with Gasteiger partial charge >= 0.3 is 0 Å². The number of carbonyl (C=O) groups is 1. The van der Waals surface area contributed by atoms with Gasteiger partial charge in [-0.25, -0.2) is 0 Å². The Morgan fingerprint density at radius 3 is 2.60 bits per heavy atom. The predicted molar refractivity (Wildman–Crippen MR) is 98.8 cm³/mol. The molecule has 3 aromatic rings. The monoisotopic (exact) mass is 399 g/mol. The number of hydrogen-bond acceptors (Lipinski definition) is 4. The maximum absolute atomic E-state index is 12.3. The number of hydrogen-bond donors (Lipinski definition) is 1. The molecule has 7 heteroatoms. The number of halogens is 1. The number of rotatable bonds is 6. The molecule has 1 atom stereocenters. The highest BCUT2D eigenvalue weighted by molar-refractivity contribution is 9.10. The van der Waals surface area contributed by atoms with Crippen molar-refractivity contribution >= 4 is 21.8 Å². The highest BCUT2D eigenvalue weighted by atomic mass is 79.9. The summed E-state index contributed by atoms with van der Waals surface area (Å²) < 4.78 is 0.981. The summed E-state index contributed by atoms with van der Waals surface area (Å²) in [4.78, 5) is 13.6. The molecular weight excluding hydrogens is 382 g/mol. The SMILES string of the molecule is CC(C(=O)NCCc1ccccc1)n1nnc(-c2ccc(Br)cc2)n1. The van der Waals surface area contributed by atoms with Crippen LogP contribution in [0.1, 0.15) is 18.5 Å². The third-order valence-electron chi connectivity index (χ3n) is 3.81. The Morgan fingerprint density at radius 1 is 1.16 bits per heavy atom. The van der Waals surface area contributed by atoms with Crippen molar-refractivity contribution in [2.24, 2.45) is 0 Å². The lowest BCUT2D eigenvalue weighted by atomic mass is 10.1. The summed E-state index contributed by atoms with van der Waals surface area (Å²) in [5, 5.41) is 15.3. The number of nitrogens with one attached hydrogen (secondary N) is 1. The third-order valence-corrected chi connectivity index (χ3v) is 4.34. The standard InChI is InChI=1S/C18H18BrN5O/c1-13(18(25)20-12-11-14-5-3-2-4-6-14)24-22-17(21-23-24)15-7-9-16(19)10-8-15/h2-10,13H,11-12H2,1H3,(H,20,25). The number of amides is 1. The van der Waals surface area contributed by atoms with Gasteiger partial charge in [-0.2, -0.15) is 4.80 Å². The van der Waals surface area contributed by atoms with Gasteiger partial charge in [0.2, 0.25) is 11.7 Å². The number of benzene rings is 2. The van der Waals surface area contributed by atoms with Crippen LogP contribution in [-0.4, -0.2) is 32.7 Å². The van der Waals surface area contributed by atoms with Gasteiger partial charge in [0.25, 0.3) is 0 Å². The number of tetrazole rings is 1. The average Bonchev–Trinajstić information content (AvgIpc) is 3.12. The molecule has 0 aliphatic carbocycles. The van der Waals surface area contributed by atoms with Crippen LogP contribution in [0.3, 0.4) is 0 Å². The van der Waals surface area contributed by atoms with Crippen LogP contribution in [0.15, 0.2) is 59.1 Å². The number of carbonyl (C=O) groups excluding carboxylic acids is 1. The second-order valence-electron chi connectivity index (χ2n) is 5.64. The van der Waals surface area contributed by atoms with E-state index in [1.54, 1.807) is 6.92 Å². The zero-order chi connectivity index (χ0) is 17.6. The van der Waals surface area contributed by atoms with Crippen LogP contribution in [-0.2, 0) is 11.2 Å². The summed E-state index contributed by atoms with van der Waals surface area (Å²) in [7, 11) is 0. The maximum atomic E-state index is 12.3. The number of nitrogens with zero attached hydrogens (tertiary/aromatic N) is 4. The largest absolute Gasteiger partial charge is 0.354 e. The quantitative estimate of drug-likeness (QED) is 0.691. The minimum atomic E-state index is -0.521. The lowest BCUT2D eigenvalue weighted by Crippen LogP contribution is -2.33. The molecule has 1 unspecified atom stereocenters. The van der Waals surface area contributed by atoms with Gasteiger partial charge in [-0.3, -0.25) is 4.79 Å². The molecule has 1 amide bonds. The van der Waals surface area contributed by atoms with Gasteiger partial charge in [0, 0.05) is 16.6 Å². The molecule has 128 valence electrons. The van der Waals surface area contributed by atoms with Gasteiger partial charge < -0.3 is 5.32 Å². The van der Waals surface area contributed by atoms with Crippen molar-refractivity contribution in [2.45, 2.75) is 19.4 Å². The van der Waals surface area contributed by atoms with Crippen molar-refractivity contribution in [3.05, 3.63) is 64.6 Å². The van der Waals surface area contributed by atoms with Crippen molar-refractivity contribution < 1.29 is 4.79 Å². The molecule has 3 rings (SSSR count). The zero-order valence-corrected chi connectivity index (χ0v) is 15.3. The van der Waals surface area contributed by atoms with Crippen LogP contribution in [0.2, 0.25) is 0 Å². The molecule has 1 heterocycles. The second kappa shape index (κ2) is 8.02. The van der Waals surface area contributed by atoms with E-state index in [9.17, 15) is 4.79 Å². The van der Waals surface area contributed by atoms with Gasteiger partial charge in [-0.1, -0.05) is 46.3 Å². The van der Waals surface area contributed by atoms with Crippen molar-refractivity contribution in [1.29, 1.82) is 0 Å². The van der Waals surface area contributed by atoms with Crippen molar-refractivity contribution in [3.8, 4) is 11.4 Å². The fourth-order valence-electron chi connectivity index (χ4n) is 2.33. The molecule has 1 aromatic heterocycles. The molecule has 0 saturated heterocycles. The minimum absolute atomic E-state index is 0.129. The predicted octanol–water partition coefficient (Wildman–Crippen LogP) is 3.02. The topological polar surface area (TPSA) is 72.7 Å². The van der Waals surface area contributed by atoms with Gasteiger partial charge in [-0.15, -0.1) is 10.2 Å². The highest BCUT2D eigenvalue weighted by Crippen LogP contribution is 2.18. The molecule has 0 bridgehead atoms. The summed E-state index contributed by atoms with van der Waals surface area (Å²) in [5.41, 5.74) is 2.04. The molecule has 0 spiro atoms. The molecule has 0 aliphatic heterocycles. The van der Waals surface area contributed by atoms with Crippen LogP contribution in [0.5, 0.6) is 0 Å². The molecule has 6 nitrogen and oxygen atoms in total. The lowest BCUT2D eigenvalue weighted by Gasteiger charge is -2.10. The third kappa shape index (κ3) is 4.51. The van der Waals surface area contributed by atoms with Crippen molar-refractivity contribution in [3.63, 3.8) is 0 Å². The fraction of sp³-hybridized carbons (Fsp3) is 0.222. The van der Waals surface area contributed by atoms with Gasteiger partial charge in [0.05, 0.1) is 0 Å². The van der Waals surface area contributed by atoms with Crippen molar-refractivity contribution in [2.75, 3.05) is 6.54 Å². The first-order valence-electron chi connectivity index (χ1n) is 8.00. The number of aromatic nitrogens is 4. The van der Waals surface area contributed by atoms with Gasteiger partial charge in [-0.05, 0) is 48.4 Å². The molecule has 2 aromatic carbocycles. The second-order valence-corrected chi connectivity index (χ2v) is 6.56. The van der Waals surface area contributed by atoms with E-state index in [4.69, 9.17) is 0 Å². The van der Waals surface area contributed by atoms with E-state index in [1.807, 2.05) is 54.6 Å². The summed E-state index contributed by atoms with van der Waals surface area (Å²) >= 11 is 3.39. The zero-order valence-electron chi connectivity index (χ0n) is 13.8. The molecule has 0 saturated carbocycles. The minimum Gasteiger partial charge on any atom is -0.354 e. The van der Waals surface area contributed by atoms with Crippen LogP contribution < -0.4 is 5.32 Å². The summed E-state index contributed by atoms with van der Waals surface area (Å²) in [6.45, 7) is 2.33. The Bertz CT molecular complexity index is 832. The van der Waals surface area contributed by atoms with Crippen LogP contribution in [0.4, 0.5) is 0 Å². The van der Waals surface area contributed by atoms with E-state index in [0.29, 0.717) is 12.4 Å². The van der Waals surface area contributed by atoms with Crippen molar-refractivity contribution in [1.82, 2.24) is 25.5 Å². The summed E-state index contributed by atoms with van der Waals surface area (Å²) in [5.74, 6) is 0.368. The first-order chi connectivity index (χ1) is 12.1. The van der Waals surface area contributed by atoms with E-state index in [2.05, 4.69) is 36.7 Å². The van der Waals surface area contributed by atoms with E-state index in [1.165, 1.54) is 10.4 Å². The molecule has 1 N–H and O–H groups in total. The first kappa shape index (κ1) is 17.3. The Balaban J connectivity index is 1.58. The van der Waals surface area contributed by atoms with Gasteiger partial charge in [0.1, 0.15) is 6.04 Å². The van der Waals surface area contributed by atoms with Crippen LogP contribution in [0, 0.1) is 0 Å². The van der Waals surface area contributed by atoms with E-state index < -0.39 is 6.04 Å². The average molecular weight is 400 g/mol. The van der Waals surface area contributed by atoms with E-state index >= 15 is 0 Å². The van der Waals surface area contributed by atoms with Crippen LogP contribution >= 0.6 is 15.9 Å². The van der Waals surface area contributed by atoms with Gasteiger partial charge in [0.15, 0.2) is 0 Å². The smallest absolute Gasteiger partial charge is 0.246 e. The first-order valence-corrected chi connectivity index (χ1v) is 8.80. The fourth-order valence-corrected chi connectivity index (χ4v) is 2.60. The van der Waals surface area contributed by atoms with E-state index in [0.717, 1.165) is 16.5 Å². The normalized spacial score (nSPS) is 11.9. The Kier molecular flexibility index (Phi) is 5.55. The van der Waals surface area contributed by atoms with Crippen LogP contribution in [0.25, 0.3) is 11.4 Å². The molecule has 25 heavy (non-hydrogen) atoms. The Labute approximate surface area is 154 Å². The highest BCUT2D eigenvalue weighted by Gasteiger charge is 2.18. The van der Waals surface area contributed by atoms with E-state index in [-0.39, 0.29) is 5.91 Å². The Morgan fingerprint density at radius 2 is 1.88 bits per heavy atom. The lowest BCUT2D eigenvalue weighted by molar-refractivity contribution is -0.124. The molecule has 0 radical (unpaired) electrons.